The predicted molar refractivity (Wildman–Crippen MR) is 69.6 cm³/mol. The van der Waals surface area contributed by atoms with Gasteiger partial charge in [0.1, 0.15) is 11.6 Å². The second-order valence-electron chi connectivity index (χ2n) is 5.02. The van der Waals surface area contributed by atoms with Gasteiger partial charge in [0.15, 0.2) is 5.78 Å². The van der Waals surface area contributed by atoms with Crippen molar-refractivity contribution in [3.8, 4) is 0 Å². The summed E-state index contributed by atoms with van der Waals surface area (Å²) in [6.45, 7) is 0.00269. The molecular weight excluding hydrogens is 262 g/mol. The van der Waals surface area contributed by atoms with Gasteiger partial charge >= 0.3 is 0 Å². The van der Waals surface area contributed by atoms with Crippen LogP contribution in [0.15, 0.2) is 24.5 Å². The number of aryl methyl sites for hydroxylation is 1. The molecule has 1 aliphatic carbocycles. The highest BCUT2D eigenvalue weighted by atomic mass is 19.1. The molecule has 1 aliphatic rings. The normalized spacial score (nSPS) is 14.1. The number of Topliss-reactive ketones (excluding diaryl/α,β-unsaturated/α-hetero) is 1. The van der Waals surface area contributed by atoms with Crippen LogP contribution in [0.25, 0.3) is 0 Å². The number of rotatable bonds is 3. The molecule has 0 saturated carbocycles. The van der Waals surface area contributed by atoms with Gasteiger partial charge in [0.25, 0.3) is 0 Å². The average molecular weight is 276 g/mol. The highest BCUT2D eigenvalue weighted by Gasteiger charge is 2.19. The minimum absolute atomic E-state index is 0.00269. The van der Waals surface area contributed by atoms with Crippen LogP contribution < -0.4 is 0 Å². The van der Waals surface area contributed by atoms with Crippen LogP contribution in [-0.2, 0) is 19.4 Å². The molecular formula is C15H14F2N2O. The number of carbonyl (C=O) groups excluding carboxylic acids is 1. The fourth-order valence-corrected chi connectivity index (χ4v) is 2.62. The first-order valence-electron chi connectivity index (χ1n) is 6.66. The first-order valence-corrected chi connectivity index (χ1v) is 6.66. The van der Waals surface area contributed by atoms with Gasteiger partial charge in [-0.25, -0.2) is 13.8 Å². The van der Waals surface area contributed by atoms with Crippen LogP contribution in [0.2, 0.25) is 0 Å². The zero-order valence-electron chi connectivity index (χ0n) is 10.9. The number of ketones is 1. The van der Waals surface area contributed by atoms with Crippen molar-refractivity contribution in [2.24, 2.45) is 0 Å². The lowest BCUT2D eigenvalue weighted by Crippen LogP contribution is -2.15. The molecule has 0 N–H and O–H groups in total. The smallest absolute Gasteiger partial charge is 0.185 e. The van der Waals surface area contributed by atoms with Crippen LogP contribution in [0.5, 0.6) is 0 Å². The van der Waals surface area contributed by atoms with Crippen LogP contribution >= 0.6 is 0 Å². The van der Waals surface area contributed by atoms with Gasteiger partial charge in [-0.1, -0.05) is 0 Å². The maximum atomic E-state index is 13.6. The molecule has 0 spiro atoms. The maximum absolute atomic E-state index is 13.6. The number of halogens is 2. The van der Waals surface area contributed by atoms with Crippen LogP contribution in [0.4, 0.5) is 8.78 Å². The number of fused-ring (bicyclic) bond motifs is 1. The van der Waals surface area contributed by atoms with E-state index in [-0.39, 0.29) is 12.1 Å². The number of hydrogen-bond donors (Lipinski definition) is 0. The minimum Gasteiger partial charge on any atom is -0.327 e. The lowest BCUT2D eigenvalue weighted by molar-refractivity contribution is 0.0966. The van der Waals surface area contributed by atoms with Gasteiger partial charge < -0.3 is 4.57 Å². The second-order valence-corrected chi connectivity index (χ2v) is 5.02. The van der Waals surface area contributed by atoms with Gasteiger partial charge in [0.05, 0.1) is 24.1 Å². The summed E-state index contributed by atoms with van der Waals surface area (Å²) in [4.78, 5) is 16.4. The zero-order chi connectivity index (χ0) is 14.1. The summed E-state index contributed by atoms with van der Waals surface area (Å²) in [5, 5.41) is 0. The largest absolute Gasteiger partial charge is 0.327 e. The molecule has 3 rings (SSSR count). The third-order valence-electron chi connectivity index (χ3n) is 3.65. The second kappa shape index (κ2) is 5.15. The fourth-order valence-electron chi connectivity index (χ4n) is 2.62. The van der Waals surface area contributed by atoms with Crippen molar-refractivity contribution in [3.63, 3.8) is 0 Å². The molecule has 20 heavy (non-hydrogen) atoms. The molecule has 0 unspecified atom stereocenters. The molecule has 0 saturated heterocycles. The molecule has 0 radical (unpaired) electrons. The molecule has 0 amide bonds. The number of imidazole rings is 1. The Kier molecular flexibility index (Phi) is 3.34. The minimum atomic E-state index is -0.689. The van der Waals surface area contributed by atoms with Crippen molar-refractivity contribution in [1.29, 1.82) is 0 Å². The first kappa shape index (κ1) is 13.0. The molecule has 104 valence electrons. The van der Waals surface area contributed by atoms with Crippen molar-refractivity contribution in [2.75, 3.05) is 0 Å². The molecule has 1 aromatic carbocycles. The number of hydrogen-bond acceptors (Lipinski definition) is 2. The van der Waals surface area contributed by atoms with Crippen LogP contribution in [0.3, 0.4) is 0 Å². The van der Waals surface area contributed by atoms with E-state index in [1.807, 2.05) is 0 Å². The van der Waals surface area contributed by atoms with Crippen molar-refractivity contribution >= 4 is 5.78 Å². The van der Waals surface area contributed by atoms with E-state index in [0.717, 1.165) is 55.3 Å². The number of benzene rings is 1. The van der Waals surface area contributed by atoms with Crippen LogP contribution in [-0.4, -0.2) is 15.3 Å². The maximum Gasteiger partial charge on any atom is 0.185 e. The Bertz CT molecular complexity index is 664. The lowest BCUT2D eigenvalue weighted by atomic mass is 10.0. The Morgan fingerprint density at radius 3 is 2.90 bits per heavy atom. The predicted octanol–water partition coefficient (Wildman–Crippen LogP) is 2.92. The monoisotopic (exact) mass is 276 g/mol. The number of nitrogens with zero attached hydrogens (tertiary/aromatic N) is 2. The molecule has 1 aromatic heterocycles. The Morgan fingerprint density at radius 1 is 1.25 bits per heavy atom. The summed E-state index contributed by atoms with van der Waals surface area (Å²) < 4.78 is 28.4. The van der Waals surface area contributed by atoms with Gasteiger partial charge in [0.2, 0.25) is 0 Å². The van der Waals surface area contributed by atoms with Gasteiger partial charge in [-0.15, -0.1) is 0 Å². The first-order chi connectivity index (χ1) is 9.65. The highest BCUT2D eigenvalue weighted by molar-refractivity contribution is 5.96. The van der Waals surface area contributed by atoms with Crippen molar-refractivity contribution in [1.82, 2.24) is 9.55 Å². The van der Waals surface area contributed by atoms with E-state index in [9.17, 15) is 13.6 Å². The van der Waals surface area contributed by atoms with Gasteiger partial charge in [-0.05, 0) is 43.9 Å². The number of aromatic nitrogens is 2. The topological polar surface area (TPSA) is 34.9 Å². The summed E-state index contributed by atoms with van der Waals surface area (Å²) in [7, 11) is 0. The van der Waals surface area contributed by atoms with Crippen molar-refractivity contribution < 1.29 is 13.6 Å². The molecule has 2 aromatic rings. The van der Waals surface area contributed by atoms with Crippen molar-refractivity contribution in [2.45, 2.75) is 32.2 Å². The summed E-state index contributed by atoms with van der Waals surface area (Å²) in [6, 6.07) is 2.93. The Morgan fingerprint density at radius 2 is 2.05 bits per heavy atom. The van der Waals surface area contributed by atoms with E-state index in [2.05, 4.69) is 4.98 Å². The van der Waals surface area contributed by atoms with E-state index in [1.54, 1.807) is 10.9 Å². The Labute approximate surface area is 115 Å². The molecule has 3 nitrogen and oxygen atoms in total. The van der Waals surface area contributed by atoms with Crippen molar-refractivity contribution in [3.05, 3.63) is 53.1 Å². The molecule has 0 fully saturated rings. The summed E-state index contributed by atoms with van der Waals surface area (Å²) in [5.41, 5.74) is 1.86. The van der Waals surface area contributed by atoms with Gasteiger partial charge in [0, 0.05) is 5.69 Å². The molecule has 5 heteroatoms. The SMILES string of the molecule is O=C(Cn1cnc2c1CCCC2)c1cc(F)ccc1F. The summed E-state index contributed by atoms with van der Waals surface area (Å²) in [5.74, 6) is -1.74. The quantitative estimate of drug-likeness (QED) is 0.808. The van der Waals surface area contributed by atoms with Crippen LogP contribution in [0, 0.1) is 11.6 Å². The average Bonchev–Trinajstić information content (AvgIpc) is 2.85. The van der Waals surface area contributed by atoms with Gasteiger partial charge in [-0.2, -0.15) is 0 Å². The summed E-state index contributed by atoms with van der Waals surface area (Å²) >= 11 is 0. The molecule has 0 bridgehead atoms. The molecule has 0 atom stereocenters. The number of carbonyl (C=O) groups is 1. The van der Waals surface area contributed by atoms with Crippen LogP contribution in [0.1, 0.15) is 34.6 Å². The molecule has 0 aliphatic heterocycles. The highest BCUT2D eigenvalue weighted by Crippen LogP contribution is 2.20. The third-order valence-corrected chi connectivity index (χ3v) is 3.65. The molecule has 1 heterocycles. The van der Waals surface area contributed by atoms with E-state index >= 15 is 0 Å². The van der Waals surface area contributed by atoms with E-state index in [4.69, 9.17) is 0 Å². The standard InChI is InChI=1S/C15H14F2N2O/c16-10-5-6-12(17)11(7-10)15(20)8-19-9-18-13-3-1-2-4-14(13)19/h5-7,9H,1-4,8H2. The van der Waals surface area contributed by atoms with E-state index in [0.29, 0.717) is 0 Å². The van der Waals surface area contributed by atoms with E-state index < -0.39 is 17.4 Å². The lowest BCUT2D eigenvalue weighted by Gasteiger charge is -2.13. The fraction of sp³-hybridized carbons (Fsp3) is 0.333. The summed E-state index contributed by atoms with van der Waals surface area (Å²) in [6.07, 6.45) is 5.60. The Hall–Kier alpha value is -2.04. The van der Waals surface area contributed by atoms with Gasteiger partial charge in [-0.3, -0.25) is 4.79 Å². The third kappa shape index (κ3) is 2.35. The zero-order valence-corrected chi connectivity index (χ0v) is 10.9. The van der Waals surface area contributed by atoms with E-state index in [1.165, 1.54) is 0 Å². The Balaban J connectivity index is 1.86.